The number of hydrogen-bond acceptors (Lipinski definition) is 4. The predicted octanol–water partition coefficient (Wildman–Crippen LogP) is 3.02. The molecule has 0 saturated carbocycles. The third kappa shape index (κ3) is 3.24. The molecular weight excluding hydrogens is 224 g/mol. The molecular formula is C12H12O3S. The van der Waals surface area contributed by atoms with Gasteiger partial charge in [-0.2, -0.15) is 0 Å². The van der Waals surface area contributed by atoms with E-state index in [1.54, 1.807) is 17.6 Å². The molecule has 2 aromatic rings. The summed E-state index contributed by atoms with van der Waals surface area (Å²) in [6.45, 7) is 0.370. The zero-order valence-electron chi connectivity index (χ0n) is 8.72. The van der Waals surface area contributed by atoms with Crippen LogP contribution in [0.15, 0.2) is 40.3 Å². The van der Waals surface area contributed by atoms with Crippen molar-refractivity contribution in [2.75, 3.05) is 0 Å². The smallest absolute Gasteiger partial charge is 0.306 e. The van der Waals surface area contributed by atoms with E-state index in [4.69, 9.17) is 9.15 Å². The lowest BCUT2D eigenvalue weighted by Gasteiger charge is -2.01. The van der Waals surface area contributed by atoms with Crippen LogP contribution in [0.1, 0.15) is 17.1 Å². The number of ether oxygens (including phenoxy) is 1. The van der Waals surface area contributed by atoms with Crippen LogP contribution in [-0.2, 0) is 22.6 Å². The van der Waals surface area contributed by atoms with Gasteiger partial charge in [-0.25, -0.2) is 0 Å². The quantitative estimate of drug-likeness (QED) is 0.749. The van der Waals surface area contributed by atoms with Crippen molar-refractivity contribution in [2.24, 2.45) is 0 Å². The third-order valence-electron chi connectivity index (χ3n) is 2.11. The molecule has 2 rings (SSSR count). The highest BCUT2D eigenvalue weighted by Crippen LogP contribution is 2.11. The first-order chi connectivity index (χ1) is 7.84. The number of aryl methyl sites for hydroxylation is 1. The van der Waals surface area contributed by atoms with Crippen molar-refractivity contribution >= 4 is 17.3 Å². The van der Waals surface area contributed by atoms with Crippen LogP contribution in [0.5, 0.6) is 0 Å². The maximum absolute atomic E-state index is 11.4. The number of rotatable bonds is 5. The van der Waals surface area contributed by atoms with Gasteiger partial charge in [0.2, 0.25) is 0 Å². The molecule has 0 bridgehead atoms. The predicted molar refractivity (Wildman–Crippen MR) is 61.1 cm³/mol. The first-order valence-electron chi connectivity index (χ1n) is 5.05. The van der Waals surface area contributed by atoms with Gasteiger partial charge in [0.1, 0.15) is 12.4 Å². The van der Waals surface area contributed by atoms with Crippen LogP contribution in [-0.4, -0.2) is 5.97 Å². The first kappa shape index (κ1) is 11.0. The van der Waals surface area contributed by atoms with Crippen molar-refractivity contribution < 1.29 is 13.9 Å². The topological polar surface area (TPSA) is 39.4 Å². The number of thiophene rings is 1. The lowest BCUT2D eigenvalue weighted by molar-refractivity contribution is -0.144. The summed E-state index contributed by atoms with van der Waals surface area (Å²) in [5, 5.41) is 1.96. The van der Waals surface area contributed by atoms with Gasteiger partial charge < -0.3 is 9.15 Å². The summed E-state index contributed by atoms with van der Waals surface area (Å²) >= 11 is 1.59. The molecule has 0 N–H and O–H groups in total. The molecule has 0 aliphatic heterocycles. The number of carbonyl (C=O) groups excluding carboxylic acids is 1. The van der Waals surface area contributed by atoms with Crippen molar-refractivity contribution in [1.29, 1.82) is 0 Å². The van der Waals surface area contributed by atoms with E-state index in [2.05, 4.69) is 0 Å². The minimum absolute atomic E-state index is 0.190. The fourth-order valence-electron chi connectivity index (χ4n) is 1.30. The molecule has 0 radical (unpaired) electrons. The molecule has 0 aromatic carbocycles. The van der Waals surface area contributed by atoms with Gasteiger partial charge in [-0.15, -0.1) is 11.3 Å². The normalized spacial score (nSPS) is 10.2. The largest absolute Gasteiger partial charge is 0.469 e. The van der Waals surface area contributed by atoms with E-state index in [9.17, 15) is 4.79 Å². The molecule has 0 spiro atoms. The maximum atomic E-state index is 11.4. The Kier molecular flexibility index (Phi) is 3.77. The number of furan rings is 1. The van der Waals surface area contributed by atoms with E-state index < -0.39 is 0 Å². The fraction of sp³-hybridized carbons (Fsp3) is 0.250. The highest BCUT2D eigenvalue weighted by Gasteiger charge is 2.05. The van der Waals surface area contributed by atoms with Crippen LogP contribution < -0.4 is 0 Å². The zero-order valence-corrected chi connectivity index (χ0v) is 9.53. The molecule has 0 fully saturated rings. The number of esters is 1. The molecule has 0 atom stereocenters. The Morgan fingerprint density at radius 1 is 1.38 bits per heavy atom. The molecule has 0 aliphatic carbocycles. The van der Waals surface area contributed by atoms with Gasteiger partial charge in [-0.1, -0.05) is 6.07 Å². The van der Waals surface area contributed by atoms with Crippen LogP contribution in [0.25, 0.3) is 0 Å². The van der Waals surface area contributed by atoms with Crippen molar-refractivity contribution in [3.8, 4) is 0 Å². The monoisotopic (exact) mass is 236 g/mol. The SMILES string of the molecule is O=C(CCc1ccco1)OCc1cccs1. The van der Waals surface area contributed by atoms with Crippen LogP contribution in [0, 0.1) is 0 Å². The number of hydrogen-bond donors (Lipinski definition) is 0. The van der Waals surface area contributed by atoms with Gasteiger partial charge in [0.15, 0.2) is 0 Å². The molecule has 2 heterocycles. The van der Waals surface area contributed by atoms with Gasteiger partial charge in [0, 0.05) is 11.3 Å². The Bertz CT molecular complexity index is 377. The molecule has 0 saturated heterocycles. The summed E-state index contributed by atoms with van der Waals surface area (Å²) in [4.78, 5) is 12.4. The van der Waals surface area contributed by atoms with Gasteiger partial charge in [-0.05, 0) is 23.6 Å². The third-order valence-corrected chi connectivity index (χ3v) is 2.96. The second-order valence-corrected chi connectivity index (χ2v) is 4.35. The van der Waals surface area contributed by atoms with E-state index in [0.29, 0.717) is 19.4 Å². The van der Waals surface area contributed by atoms with Gasteiger partial charge in [0.25, 0.3) is 0 Å². The van der Waals surface area contributed by atoms with Crippen LogP contribution in [0.4, 0.5) is 0 Å². The van der Waals surface area contributed by atoms with E-state index in [1.807, 2.05) is 29.6 Å². The standard InChI is InChI=1S/C12H12O3S/c13-12(6-5-10-3-1-7-14-10)15-9-11-4-2-8-16-11/h1-4,7-8H,5-6,9H2. The molecule has 2 aromatic heterocycles. The summed E-state index contributed by atoms with van der Waals surface area (Å²) in [6, 6.07) is 7.56. The summed E-state index contributed by atoms with van der Waals surface area (Å²) in [5.74, 6) is 0.623. The summed E-state index contributed by atoms with van der Waals surface area (Å²) < 4.78 is 10.2. The van der Waals surface area contributed by atoms with Gasteiger partial charge in [-0.3, -0.25) is 4.79 Å². The van der Waals surface area contributed by atoms with E-state index >= 15 is 0 Å². The maximum Gasteiger partial charge on any atom is 0.306 e. The van der Waals surface area contributed by atoms with Crippen molar-refractivity contribution in [3.05, 3.63) is 46.5 Å². The Hall–Kier alpha value is -1.55. The average Bonchev–Trinajstić information content (AvgIpc) is 2.96. The van der Waals surface area contributed by atoms with Gasteiger partial charge in [0.05, 0.1) is 12.7 Å². The summed E-state index contributed by atoms with van der Waals surface area (Å²) in [6.07, 6.45) is 2.56. The van der Waals surface area contributed by atoms with Crippen LogP contribution in [0.2, 0.25) is 0 Å². The Morgan fingerprint density at radius 3 is 3.00 bits per heavy atom. The van der Waals surface area contributed by atoms with E-state index in [-0.39, 0.29) is 5.97 Å². The zero-order chi connectivity index (χ0) is 11.2. The molecule has 3 nitrogen and oxygen atoms in total. The van der Waals surface area contributed by atoms with Crippen molar-refractivity contribution in [3.63, 3.8) is 0 Å². The van der Waals surface area contributed by atoms with E-state index in [1.165, 1.54) is 0 Å². The van der Waals surface area contributed by atoms with Crippen molar-refractivity contribution in [1.82, 2.24) is 0 Å². The molecule has 0 aliphatic rings. The fourth-order valence-corrected chi connectivity index (χ4v) is 1.91. The first-order valence-corrected chi connectivity index (χ1v) is 5.93. The van der Waals surface area contributed by atoms with Crippen molar-refractivity contribution in [2.45, 2.75) is 19.4 Å². The van der Waals surface area contributed by atoms with Gasteiger partial charge >= 0.3 is 5.97 Å². The molecule has 84 valence electrons. The lowest BCUT2D eigenvalue weighted by Crippen LogP contribution is -2.04. The van der Waals surface area contributed by atoms with Crippen LogP contribution >= 0.6 is 11.3 Å². The highest BCUT2D eigenvalue weighted by atomic mass is 32.1. The Balaban J connectivity index is 1.69. The average molecular weight is 236 g/mol. The Morgan fingerprint density at radius 2 is 2.31 bits per heavy atom. The summed E-state index contributed by atoms with van der Waals surface area (Å²) in [7, 11) is 0. The second kappa shape index (κ2) is 5.51. The lowest BCUT2D eigenvalue weighted by atomic mass is 10.2. The molecule has 16 heavy (non-hydrogen) atoms. The minimum Gasteiger partial charge on any atom is -0.469 e. The molecule has 4 heteroatoms. The summed E-state index contributed by atoms with van der Waals surface area (Å²) in [5.41, 5.74) is 0. The van der Waals surface area contributed by atoms with E-state index in [0.717, 1.165) is 10.6 Å². The second-order valence-electron chi connectivity index (χ2n) is 3.32. The Labute approximate surface area is 97.7 Å². The van der Waals surface area contributed by atoms with Crippen LogP contribution in [0.3, 0.4) is 0 Å². The molecule has 0 amide bonds. The molecule has 0 unspecified atom stereocenters. The number of carbonyl (C=O) groups is 1. The minimum atomic E-state index is -0.190. The highest BCUT2D eigenvalue weighted by molar-refractivity contribution is 7.09.